The summed E-state index contributed by atoms with van der Waals surface area (Å²) in [5.41, 5.74) is 2.34. The maximum absolute atomic E-state index is 13.4. The molecule has 8 heteroatoms. The van der Waals surface area contributed by atoms with Gasteiger partial charge in [-0.3, -0.25) is 19.6 Å². The van der Waals surface area contributed by atoms with Crippen LogP contribution in [-0.2, 0) is 16.1 Å². The van der Waals surface area contributed by atoms with Crippen LogP contribution >= 0.6 is 0 Å². The highest BCUT2D eigenvalue weighted by Gasteiger charge is 2.33. The van der Waals surface area contributed by atoms with Gasteiger partial charge in [0, 0.05) is 31.5 Å². The minimum absolute atomic E-state index is 0.0297. The molecule has 0 aliphatic carbocycles. The molecule has 1 atom stereocenters. The van der Waals surface area contributed by atoms with Gasteiger partial charge in [0.25, 0.3) is 5.91 Å². The zero-order chi connectivity index (χ0) is 22.7. The highest BCUT2D eigenvalue weighted by molar-refractivity contribution is 6.05. The molecule has 32 heavy (non-hydrogen) atoms. The molecule has 3 aromatic rings. The van der Waals surface area contributed by atoms with Crippen molar-refractivity contribution >= 4 is 22.8 Å². The highest BCUT2D eigenvalue weighted by atomic mass is 19.1. The first-order valence-corrected chi connectivity index (χ1v) is 10.6. The van der Waals surface area contributed by atoms with Crippen molar-refractivity contribution in [3.05, 3.63) is 71.8 Å². The second kappa shape index (κ2) is 9.40. The van der Waals surface area contributed by atoms with Gasteiger partial charge in [0.15, 0.2) is 0 Å². The summed E-state index contributed by atoms with van der Waals surface area (Å²) < 4.78 is 19.3. The van der Waals surface area contributed by atoms with Crippen LogP contribution in [0.1, 0.15) is 29.8 Å². The van der Waals surface area contributed by atoms with Crippen molar-refractivity contribution in [2.24, 2.45) is 0 Å². The molecule has 1 aliphatic heterocycles. The Morgan fingerprint density at radius 1 is 1.12 bits per heavy atom. The highest BCUT2D eigenvalue weighted by Crippen LogP contribution is 2.19. The summed E-state index contributed by atoms with van der Waals surface area (Å²) in [7, 11) is 0. The van der Waals surface area contributed by atoms with Crippen LogP contribution in [0.3, 0.4) is 0 Å². The van der Waals surface area contributed by atoms with Crippen LogP contribution in [0, 0.1) is 5.82 Å². The number of carbonyl (C=O) groups is 2. The quantitative estimate of drug-likeness (QED) is 0.615. The lowest BCUT2D eigenvalue weighted by Gasteiger charge is -2.27. The van der Waals surface area contributed by atoms with E-state index in [0.717, 1.165) is 5.56 Å². The summed E-state index contributed by atoms with van der Waals surface area (Å²) >= 11 is 0. The zero-order valence-corrected chi connectivity index (χ0v) is 18.1. The van der Waals surface area contributed by atoms with E-state index < -0.39 is 0 Å². The van der Waals surface area contributed by atoms with Crippen LogP contribution in [0.5, 0.6) is 0 Å². The summed E-state index contributed by atoms with van der Waals surface area (Å²) in [4.78, 5) is 38.2. The van der Waals surface area contributed by atoms with E-state index in [2.05, 4.69) is 9.97 Å². The number of fused-ring (bicyclic) bond motifs is 1. The first-order chi connectivity index (χ1) is 15.4. The maximum Gasteiger partial charge on any atom is 0.256 e. The molecular weight excluding hydrogens is 411 g/mol. The molecule has 0 saturated carbocycles. The molecule has 0 N–H and O–H groups in total. The molecule has 7 nitrogen and oxygen atoms in total. The molecule has 4 rings (SSSR count). The SMILES string of the molecule is CC(C)N1C[C@H](OCc2ccc(F)cc2)CN(C(=O)c2cccc3nccnc23)CC1=O. The molecule has 0 unspecified atom stereocenters. The van der Waals surface area contributed by atoms with Crippen molar-refractivity contribution in [1.82, 2.24) is 19.8 Å². The number of hydrogen-bond acceptors (Lipinski definition) is 5. The molecule has 1 aromatic heterocycles. The maximum atomic E-state index is 13.4. The third-order valence-electron chi connectivity index (χ3n) is 5.51. The van der Waals surface area contributed by atoms with E-state index in [1.807, 2.05) is 13.8 Å². The van der Waals surface area contributed by atoms with Crippen LogP contribution in [0.4, 0.5) is 4.39 Å². The fraction of sp³-hybridized carbons (Fsp3) is 0.333. The first-order valence-electron chi connectivity index (χ1n) is 10.6. The van der Waals surface area contributed by atoms with Gasteiger partial charge in [-0.15, -0.1) is 0 Å². The van der Waals surface area contributed by atoms with Crippen molar-refractivity contribution in [3.8, 4) is 0 Å². The predicted octanol–water partition coefficient (Wildman–Crippen LogP) is 3.05. The van der Waals surface area contributed by atoms with E-state index in [9.17, 15) is 14.0 Å². The van der Waals surface area contributed by atoms with Crippen molar-refractivity contribution in [3.63, 3.8) is 0 Å². The van der Waals surface area contributed by atoms with Crippen LogP contribution < -0.4 is 0 Å². The molecule has 1 fully saturated rings. The van der Waals surface area contributed by atoms with Crippen LogP contribution in [0.25, 0.3) is 11.0 Å². The Kier molecular flexibility index (Phi) is 6.41. The Morgan fingerprint density at radius 2 is 1.88 bits per heavy atom. The number of para-hydroxylation sites is 1. The minimum atomic E-state index is -0.390. The number of ether oxygens (including phenoxy) is 1. The smallest absolute Gasteiger partial charge is 0.256 e. The van der Waals surface area contributed by atoms with Gasteiger partial charge in [-0.1, -0.05) is 18.2 Å². The van der Waals surface area contributed by atoms with Crippen molar-refractivity contribution in [2.75, 3.05) is 19.6 Å². The normalized spacial score (nSPS) is 17.1. The number of hydrogen-bond donors (Lipinski definition) is 0. The van der Waals surface area contributed by atoms with Crippen LogP contribution in [-0.4, -0.2) is 63.4 Å². The molecule has 1 saturated heterocycles. The zero-order valence-electron chi connectivity index (χ0n) is 18.1. The average Bonchev–Trinajstić information content (AvgIpc) is 2.96. The van der Waals surface area contributed by atoms with E-state index in [0.29, 0.717) is 23.1 Å². The monoisotopic (exact) mass is 436 g/mol. The summed E-state index contributed by atoms with van der Waals surface area (Å²) in [5.74, 6) is -0.729. The van der Waals surface area contributed by atoms with Crippen molar-refractivity contribution < 1.29 is 18.7 Å². The summed E-state index contributed by atoms with van der Waals surface area (Å²) in [6.07, 6.45) is 2.73. The Labute approximate surface area is 185 Å². The minimum Gasteiger partial charge on any atom is -0.370 e. The second-order valence-electron chi connectivity index (χ2n) is 8.11. The molecule has 2 aromatic carbocycles. The van der Waals surface area contributed by atoms with Crippen molar-refractivity contribution in [2.45, 2.75) is 32.6 Å². The van der Waals surface area contributed by atoms with Crippen LogP contribution in [0.2, 0.25) is 0 Å². The lowest BCUT2D eigenvalue weighted by molar-refractivity contribution is -0.133. The Balaban J connectivity index is 1.58. The van der Waals surface area contributed by atoms with Gasteiger partial charge in [-0.2, -0.15) is 0 Å². The first kappa shape index (κ1) is 21.8. The van der Waals surface area contributed by atoms with Gasteiger partial charge in [0.1, 0.15) is 17.9 Å². The summed E-state index contributed by atoms with van der Waals surface area (Å²) in [6, 6.07) is 11.3. The third-order valence-corrected chi connectivity index (χ3v) is 5.51. The van der Waals surface area contributed by atoms with Crippen LogP contribution in [0.15, 0.2) is 54.9 Å². The molecule has 166 valence electrons. The van der Waals surface area contributed by atoms with Gasteiger partial charge in [0.2, 0.25) is 5.91 Å². The Morgan fingerprint density at radius 3 is 2.62 bits per heavy atom. The summed E-state index contributed by atoms with van der Waals surface area (Å²) in [5, 5.41) is 0. The largest absolute Gasteiger partial charge is 0.370 e. The molecule has 1 aliphatic rings. The number of aromatic nitrogens is 2. The lowest BCUT2D eigenvalue weighted by Crippen LogP contribution is -2.42. The molecule has 0 bridgehead atoms. The van der Waals surface area contributed by atoms with Gasteiger partial charge in [0.05, 0.1) is 23.8 Å². The van der Waals surface area contributed by atoms with Gasteiger partial charge in [-0.25, -0.2) is 4.39 Å². The van der Waals surface area contributed by atoms with E-state index >= 15 is 0 Å². The lowest BCUT2D eigenvalue weighted by atomic mass is 10.1. The van der Waals surface area contributed by atoms with Gasteiger partial charge < -0.3 is 14.5 Å². The fourth-order valence-corrected chi connectivity index (χ4v) is 3.83. The van der Waals surface area contributed by atoms with Crippen molar-refractivity contribution in [1.29, 1.82) is 0 Å². The molecule has 2 heterocycles. The van der Waals surface area contributed by atoms with E-state index in [1.165, 1.54) is 17.0 Å². The number of benzene rings is 2. The number of amides is 2. The molecule has 0 radical (unpaired) electrons. The van der Waals surface area contributed by atoms with E-state index in [-0.39, 0.29) is 49.5 Å². The number of carbonyl (C=O) groups excluding carboxylic acids is 2. The summed E-state index contributed by atoms with van der Waals surface area (Å²) in [6.45, 7) is 4.72. The number of halogens is 1. The second-order valence-corrected chi connectivity index (χ2v) is 8.11. The molecule has 0 spiro atoms. The Bertz CT molecular complexity index is 1110. The fourth-order valence-electron chi connectivity index (χ4n) is 3.83. The Hall–Kier alpha value is -3.39. The van der Waals surface area contributed by atoms with E-state index in [1.54, 1.807) is 47.6 Å². The topological polar surface area (TPSA) is 75.6 Å². The average molecular weight is 436 g/mol. The number of nitrogens with zero attached hydrogens (tertiary/aromatic N) is 4. The van der Waals surface area contributed by atoms with Gasteiger partial charge >= 0.3 is 0 Å². The standard InChI is InChI=1S/C24H25FN4O3/c1-16(2)29-13-19(32-15-17-6-8-18(25)9-7-17)12-28(14-22(29)30)24(31)20-4-3-5-21-23(20)27-11-10-26-21/h3-11,16,19H,12-15H2,1-2H3/t19-/m1/s1. The van der Waals surface area contributed by atoms with E-state index in [4.69, 9.17) is 4.74 Å². The third kappa shape index (κ3) is 4.75. The molecular formula is C24H25FN4O3. The van der Waals surface area contributed by atoms with Gasteiger partial charge in [-0.05, 0) is 43.7 Å². The number of rotatable bonds is 5. The molecule has 2 amide bonds. The predicted molar refractivity (Wildman–Crippen MR) is 117 cm³/mol.